The van der Waals surface area contributed by atoms with E-state index in [1.54, 1.807) is 12.2 Å². The number of aliphatic carboxylic acids is 1. The van der Waals surface area contributed by atoms with Gasteiger partial charge in [0.1, 0.15) is 5.82 Å². The predicted octanol–water partition coefficient (Wildman–Crippen LogP) is 1.40. The van der Waals surface area contributed by atoms with Crippen LogP contribution in [0.2, 0.25) is 0 Å². The number of rotatable bonds is 1. The quantitative estimate of drug-likeness (QED) is 0.560. The average molecular weight is 141 g/mol. The molecule has 0 bridgehead atoms. The van der Waals surface area contributed by atoms with Gasteiger partial charge in [-0.15, -0.1) is 0 Å². The van der Waals surface area contributed by atoms with Crippen LogP contribution in [-0.4, -0.2) is 17.4 Å². The standard InChI is InChI=1S/C6H5O2P/c1-9-4-2-3-5(9)6(7)8/h2-4H,1H2/p+1. The third-order valence-corrected chi connectivity index (χ3v) is 2.54. The molecule has 0 radical (unpaired) electrons. The van der Waals surface area contributed by atoms with Crippen molar-refractivity contribution in [3.8, 4) is 0 Å². The molecule has 1 aliphatic rings. The summed E-state index contributed by atoms with van der Waals surface area (Å²) in [5, 5.41) is 8.89. The summed E-state index contributed by atoms with van der Waals surface area (Å²) in [6.45, 7) is 0. The minimum absolute atomic E-state index is 0.435. The van der Waals surface area contributed by atoms with Gasteiger partial charge in [-0.2, -0.15) is 0 Å². The van der Waals surface area contributed by atoms with Crippen LogP contribution in [0.1, 0.15) is 0 Å². The lowest BCUT2D eigenvalue weighted by molar-refractivity contribution is -0.131. The summed E-state index contributed by atoms with van der Waals surface area (Å²) in [5.74, 6) is 0.972. The molecule has 3 heteroatoms. The summed E-state index contributed by atoms with van der Waals surface area (Å²) in [7, 11) is -0.737. The Morgan fingerprint density at radius 1 is 1.78 bits per heavy atom. The fourth-order valence-electron chi connectivity index (χ4n) is 0.608. The van der Waals surface area contributed by atoms with E-state index in [1.165, 1.54) is 0 Å². The first-order valence-corrected chi connectivity index (χ1v) is 4.03. The maximum atomic E-state index is 10.3. The molecular weight excluding hydrogens is 135 g/mol. The van der Waals surface area contributed by atoms with Gasteiger partial charge < -0.3 is 5.11 Å². The molecule has 46 valence electrons. The van der Waals surface area contributed by atoms with Crippen molar-refractivity contribution in [1.29, 1.82) is 0 Å². The van der Waals surface area contributed by atoms with Crippen LogP contribution in [0.15, 0.2) is 23.3 Å². The van der Waals surface area contributed by atoms with Gasteiger partial charge in [0.05, 0.1) is 6.30 Å². The second kappa shape index (κ2) is 2.16. The van der Waals surface area contributed by atoms with E-state index in [9.17, 15) is 4.79 Å². The second-order valence-corrected chi connectivity index (χ2v) is 3.39. The molecule has 0 aliphatic carbocycles. The van der Waals surface area contributed by atoms with Crippen molar-refractivity contribution >= 4 is 19.8 Å². The Kier molecular flexibility index (Phi) is 1.50. The van der Waals surface area contributed by atoms with Gasteiger partial charge in [0.15, 0.2) is 7.55 Å². The maximum Gasteiger partial charge on any atom is 0.379 e. The molecule has 0 amide bonds. The Morgan fingerprint density at radius 2 is 2.44 bits per heavy atom. The largest absolute Gasteiger partial charge is 0.475 e. The minimum atomic E-state index is -0.846. The molecule has 9 heavy (non-hydrogen) atoms. The summed E-state index contributed by atoms with van der Waals surface area (Å²) in [4.78, 5) is 10.3. The van der Waals surface area contributed by atoms with Crippen molar-refractivity contribution in [3.63, 3.8) is 0 Å². The van der Waals surface area contributed by atoms with E-state index in [4.69, 9.17) is 5.11 Å². The molecule has 1 heterocycles. The number of hydrogen-bond donors (Lipinski definition) is 1. The van der Waals surface area contributed by atoms with Crippen LogP contribution >= 0.6 is 7.55 Å². The first kappa shape index (κ1) is 6.24. The van der Waals surface area contributed by atoms with E-state index < -0.39 is 13.5 Å². The monoisotopic (exact) mass is 141 g/mol. The lowest BCUT2D eigenvalue weighted by Gasteiger charge is -1.80. The highest BCUT2D eigenvalue weighted by atomic mass is 31.1. The van der Waals surface area contributed by atoms with E-state index in [1.807, 2.05) is 5.82 Å². The van der Waals surface area contributed by atoms with Crippen LogP contribution in [0.5, 0.6) is 0 Å². The smallest absolute Gasteiger partial charge is 0.379 e. The number of carboxylic acids is 1. The van der Waals surface area contributed by atoms with Gasteiger partial charge in [-0.3, -0.25) is 0 Å². The number of carbonyl (C=O) groups is 1. The summed E-state index contributed by atoms with van der Waals surface area (Å²) in [6.07, 6.45) is 7.01. The zero-order valence-electron chi connectivity index (χ0n) is 4.74. The molecule has 1 aliphatic heterocycles. The summed E-state index contributed by atoms with van der Waals surface area (Å²) >= 11 is 0. The van der Waals surface area contributed by atoms with Crippen LogP contribution < -0.4 is 0 Å². The Labute approximate surface area is 53.9 Å². The molecule has 1 atom stereocenters. The summed E-state index contributed by atoms with van der Waals surface area (Å²) in [6, 6.07) is 0. The minimum Gasteiger partial charge on any atom is -0.475 e. The molecule has 1 rings (SSSR count). The molecule has 0 spiro atoms. The fraction of sp³-hybridized carbons (Fsp3) is 0. The highest BCUT2D eigenvalue weighted by Gasteiger charge is 2.22. The van der Waals surface area contributed by atoms with E-state index in [-0.39, 0.29) is 0 Å². The number of carboxylic acid groups (broad SMARTS) is 1. The predicted molar refractivity (Wildman–Crippen MR) is 38.9 cm³/mol. The van der Waals surface area contributed by atoms with Gasteiger partial charge in [-0.1, -0.05) is 0 Å². The molecule has 0 aromatic carbocycles. The van der Waals surface area contributed by atoms with Crippen LogP contribution in [0, 0.1) is 0 Å². The molecule has 1 N–H and O–H groups in total. The van der Waals surface area contributed by atoms with Crippen molar-refractivity contribution in [2.24, 2.45) is 0 Å². The molecule has 0 saturated heterocycles. The molecule has 0 aromatic heterocycles. The summed E-state index contributed by atoms with van der Waals surface area (Å²) < 4.78 is 0. The lowest BCUT2D eigenvalue weighted by Crippen LogP contribution is -1.93. The average Bonchev–Trinajstić information content (AvgIpc) is 2.13. The zero-order valence-corrected chi connectivity index (χ0v) is 5.64. The lowest BCUT2D eigenvalue weighted by atomic mass is 10.5. The Hall–Kier alpha value is -0.880. The van der Waals surface area contributed by atoms with Crippen LogP contribution in [0.25, 0.3) is 0 Å². The van der Waals surface area contributed by atoms with Crippen LogP contribution in [0.4, 0.5) is 0 Å². The van der Waals surface area contributed by atoms with Crippen molar-refractivity contribution < 1.29 is 9.90 Å². The van der Waals surface area contributed by atoms with Gasteiger partial charge in [0.2, 0.25) is 5.31 Å². The van der Waals surface area contributed by atoms with Crippen LogP contribution in [0.3, 0.4) is 0 Å². The third kappa shape index (κ3) is 1.08. The Balaban J connectivity index is 2.88. The number of hydrogen-bond acceptors (Lipinski definition) is 1. The molecule has 0 fully saturated rings. The van der Waals surface area contributed by atoms with Crippen molar-refractivity contribution in [2.45, 2.75) is 0 Å². The molecule has 0 saturated carbocycles. The van der Waals surface area contributed by atoms with Gasteiger partial charge in [-0.05, 0) is 12.2 Å². The Morgan fingerprint density at radius 3 is 2.67 bits per heavy atom. The molecule has 2 nitrogen and oxygen atoms in total. The van der Waals surface area contributed by atoms with Crippen molar-refractivity contribution in [3.05, 3.63) is 23.3 Å². The van der Waals surface area contributed by atoms with E-state index >= 15 is 0 Å². The molecule has 1 unspecified atom stereocenters. The summed E-state index contributed by atoms with van der Waals surface area (Å²) in [5.41, 5.74) is 0. The van der Waals surface area contributed by atoms with Crippen molar-refractivity contribution in [1.82, 2.24) is 0 Å². The number of allylic oxidation sites excluding steroid dienone is 2. The van der Waals surface area contributed by atoms with Gasteiger partial charge in [-0.25, -0.2) is 4.79 Å². The molecular formula is C6H6O2P+. The topological polar surface area (TPSA) is 37.3 Å². The molecule has 0 aromatic rings. The SMILES string of the molecule is C=[P+]1C=CC=C1C(=O)O. The first-order valence-electron chi connectivity index (χ1n) is 2.43. The highest BCUT2D eigenvalue weighted by molar-refractivity contribution is 7.64. The zero-order chi connectivity index (χ0) is 6.85. The van der Waals surface area contributed by atoms with Gasteiger partial charge >= 0.3 is 5.97 Å². The van der Waals surface area contributed by atoms with Crippen LogP contribution in [-0.2, 0) is 4.79 Å². The fourth-order valence-corrected chi connectivity index (χ4v) is 1.59. The highest BCUT2D eigenvalue weighted by Crippen LogP contribution is 2.37. The van der Waals surface area contributed by atoms with Crippen molar-refractivity contribution in [2.75, 3.05) is 0 Å². The second-order valence-electron chi connectivity index (χ2n) is 1.67. The van der Waals surface area contributed by atoms with E-state index in [0.29, 0.717) is 5.31 Å². The third-order valence-electron chi connectivity index (χ3n) is 1.05. The van der Waals surface area contributed by atoms with E-state index in [0.717, 1.165) is 0 Å². The Bertz CT molecular complexity index is 225. The maximum absolute atomic E-state index is 10.3. The first-order chi connectivity index (χ1) is 4.22. The normalized spacial score (nSPS) is 20.0. The van der Waals surface area contributed by atoms with Gasteiger partial charge in [0.25, 0.3) is 0 Å². The van der Waals surface area contributed by atoms with Gasteiger partial charge in [0, 0.05) is 0 Å². The van der Waals surface area contributed by atoms with E-state index in [2.05, 4.69) is 6.30 Å².